The highest BCUT2D eigenvalue weighted by Crippen LogP contribution is 2.43. The summed E-state index contributed by atoms with van der Waals surface area (Å²) < 4.78 is 5.34. The van der Waals surface area contributed by atoms with Crippen LogP contribution in [0.1, 0.15) is 138 Å². The van der Waals surface area contributed by atoms with E-state index in [0.29, 0.717) is 25.8 Å². The molecule has 1 aromatic carbocycles. The molecular weight excluding hydrogens is 700 g/mol. The fourth-order valence-corrected chi connectivity index (χ4v) is 7.85. The van der Waals surface area contributed by atoms with Gasteiger partial charge in [-0.2, -0.15) is 0 Å². The van der Waals surface area contributed by atoms with Gasteiger partial charge in [0.1, 0.15) is 23.5 Å². The quantitative estimate of drug-likeness (QED) is 0.0874. The number of nitrogens with zero attached hydrogens (tertiary/aromatic N) is 1. The van der Waals surface area contributed by atoms with E-state index in [9.17, 15) is 33.6 Å². The summed E-state index contributed by atoms with van der Waals surface area (Å²) >= 11 is 0. The minimum absolute atomic E-state index is 0.0123. The van der Waals surface area contributed by atoms with E-state index in [1.807, 2.05) is 65.0 Å². The summed E-state index contributed by atoms with van der Waals surface area (Å²) in [6.45, 7) is 16.8. The van der Waals surface area contributed by atoms with E-state index in [2.05, 4.69) is 16.0 Å². The van der Waals surface area contributed by atoms with Crippen molar-refractivity contribution in [1.29, 1.82) is 0 Å². The molecule has 2 fully saturated rings. The van der Waals surface area contributed by atoms with Crippen LogP contribution in [0.25, 0.3) is 0 Å². The number of benzene rings is 1. The van der Waals surface area contributed by atoms with Crippen molar-refractivity contribution in [1.82, 2.24) is 20.9 Å². The zero-order chi connectivity index (χ0) is 41.0. The van der Waals surface area contributed by atoms with Crippen LogP contribution in [-0.2, 0) is 38.3 Å². The topological polar surface area (TPSA) is 168 Å². The van der Waals surface area contributed by atoms with Gasteiger partial charge < -0.3 is 25.6 Å². The van der Waals surface area contributed by atoms with Gasteiger partial charge in [-0.1, -0.05) is 77.8 Å². The van der Waals surface area contributed by atoms with Crippen LogP contribution in [-0.4, -0.2) is 76.3 Å². The number of likely N-dealkylation sites (tertiary alicyclic amines) is 1. The van der Waals surface area contributed by atoms with E-state index in [-0.39, 0.29) is 67.0 Å². The molecule has 0 aromatic heterocycles. The Balaban J connectivity index is 1.69. The van der Waals surface area contributed by atoms with Crippen molar-refractivity contribution in [3.05, 3.63) is 35.9 Å². The first kappa shape index (κ1) is 45.3. The summed E-state index contributed by atoms with van der Waals surface area (Å²) in [5, 5.41) is 8.57. The van der Waals surface area contributed by atoms with Gasteiger partial charge in [0.2, 0.25) is 23.5 Å². The number of Topliss-reactive ketones (excluding diaryl/α,β-unsaturated/α-hetero) is 2. The summed E-state index contributed by atoms with van der Waals surface area (Å²) in [6.07, 6.45) is 4.81. The van der Waals surface area contributed by atoms with E-state index in [0.717, 1.165) is 24.8 Å². The molecule has 2 unspecified atom stereocenters. The molecule has 4 amide bonds. The van der Waals surface area contributed by atoms with E-state index in [4.69, 9.17) is 4.74 Å². The Hall–Kier alpha value is -4.09. The zero-order valence-electron chi connectivity index (χ0n) is 34.6. The van der Waals surface area contributed by atoms with Crippen LogP contribution in [0.3, 0.4) is 0 Å². The second kappa shape index (κ2) is 20.7. The van der Waals surface area contributed by atoms with Crippen LogP contribution in [0.4, 0.5) is 0 Å². The lowest BCUT2D eigenvalue weighted by Crippen LogP contribution is -2.59. The molecule has 0 radical (unpaired) electrons. The van der Waals surface area contributed by atoms with Crippen molar-refractivity contribution in [2.45, 2.75) is 156 Å². The number of ether oxygens (including phenoxy) is 1. The Kier molecular flexibility index (Phi) is 17.1. The Labute approximate surface area is 328 Å². The lowest BCUT2D eigenvalue weighted by Gasteiger charge is -2.33. The van der Waals surface area contributed by atoms with Crippen molar-refractivity contribution < 1.29 is 38.3 Å². The Morgan fingerprint density at radius 1 is 0.855 bits per heavy atom. The van der Waals surface area contributed by atoms with Gasteiger partial charge in [-0.05, 0) is 89.0 Å². The van der Waals surface area contributed by atoms with Crippen molar-refractivity contribution in [3.8, 4) is 0 Å². The molecule has 1 aliphatic carbocycles. The number of unbranched alkanes of at least 4 members (excludes halogenated alkanes) is 1. The Morgan fingerprint density at radius 2 is 1.51 bits per heavy atom. The summed E-state index contributed by atoms with van der Waals surface area (Å²) in [7, 11) is 0. The molecule has 1 heterocycles. The van der Waals surface area contributed by atoms with Crippen LogP contribution < -0.4 is 16.0 Å². The molecule has 3 rings (SSSR count). The largest absolute Gasteiger partial charge is 0.460 e. The minimum Gasteiger partial charge on any atom is -0.460 e. The first-order valence-corrected chi connectivity index (χ1v) is 20.4. The molecule has 1 aromatic rings. The molecule has 12 nitrogen and oxygen atoms in total. The van der Waals surface area contributed by atoms with Crippen LogP contribution in [0.15, 0.2) is 30.3 Å². The maximum Gasteiger partial charge on any atom is 0.306 e. The van der Waals surface area contributed by atoms with Gasteiger partial charge in [0.15, 0.2) is 0 Å². The summed E-state index contributed by atoms with van der Waals surface area (Å²) in [4.78, 5) is 95.5. The van der Waals surface area contributed by atoms with E-state index >= 15 is 0 Å². The lowest BCUT2D eigenvalue weighted by molar-refractivity contribution is -0.155. The maximum absolute atomic E-state index is 14.4. The predicted molar refractivity (Wildman–Crippen MR) is 210 cm³/mol. The average molecular weight is 767 g/mol. The monoisotopic (exact) mass is 766 g/mol. The van der Waals surface area contributed by atoms with Gasteiger partial charge in [0.25, 0.3) is 5.91 Å². The number of hydrogen-bond acceptors (Lipinski definition) is 8. The van der Waals surface area contributed by atoms with Crippen molar-refractivity contribution in [2.75, 3.05) is 6.54 Å². The number of hydrogen-bond donors (Lipinski definition) is 3. The second-order valence-corrected chi connectivity index (χ2v) is 17.2. The molecular formula is C43H66N4O8. The smallest absolute Gasteiger partial charge is 0.306 e. The molecule has 7 atom stereocenters. The lowest BCUT2D eigenvalue weighted by atomic mass is 9.88. The molecule has 0 spiro atoms. The number of esters is 1. The van der Waals surface area contributed by atoms with Crippen molar-refractivity contribution in [2.24, 2.45) is 29.6 Å². The second-order valence-electron chi connectivity index (χ2n) is 17.2. The van der Waals surface area contributed by atoms with E-state index in [1.54, 1.807) is 32.6 Å². The highest BCUT2D eigenvalue weighted by molar-refractivity contribution is 6.38. The highest BCUT2D eigenvalue weighted by Gasteiger charge is 2.51. The molecule has 1 aliphatic heterocycles. The third kappa shape index (κ3) is 13.3. The zero-order valence-corrected chi connectivity index (χ0v) is 34.6. The fourth-order valence-electron chi connectivity index (χ4n) is 7.85. The molecule has 1 saturated carbocycles. The van der Waals surface area contributed by atoms with Gasteiger partial charge >= 0.3 is 5.97 Å². The number of carbonyl (C=O) groups is 7. The van der Waals surface area contributed by atoms with Gasteiger partial charge in [0.05, 0.1) is 12.1 Å². The van der Waals surface area contributed by atoms with Crippen LogP contribution in [0.5, 0.6) is 0 Å². The van der Waals surface area contributed by atoms with Crippen LogP contribution in [0, 0.1) is 29.6 Å². The van der Waals surface area contributed by atoms with Crippen molar-refractivity contribution in [3.63, 3.8) is 0 Å². The normalized spacial score (nSPS) is 20.3. The number of amides is 4. The van der Waals surface area contributed by atoms with Crippen LogP contribution >= 0.6 is 0 Å². The maximum atomic E-state index is 14.4. The highest BCUT2D eigenvalue weighted by atomic mass is 16.6. The third-order valence-electron chi connectivity index (χ3n) is 10.8. The average Bonchev–Trinajstić information content (AvgIpc) is 3.72. The summed E-state index contributed by atoms with van der Waals surface area (Å²) in [5.74, 6) is -4.31. The van der Waals surface area contributed by atoms with Gasteiger partial charge in [-0.25, -0.2) is 0 Å². The van der Waals surface area contributed by atoms with Crippen LogP contribution in [0.2, 0.25) is 0 Å². The van der Waals surface area contributed by atoms with Gasteiger partial charge in [0, 0.05) is 31.7 Å². The van der Waals surface area contributed by atoms with Crippen molar-refractivity contribution >= 4 is 41.2 Å². The minimum atomic E-state index is -1.06. The summed E-state index contributed by atoms with van der Waals surface area (Å²) in [6, 6.07) is 6.04. The van der Waals surface area contributed by atoms with Gasteiger partial charge in [-0.3, -0.25) is 33.6 Å². The fraction of sp³-hybridized carbons (Fsp3) is 0.698. The SMILES string of the molecule is CCCC(NC(=O)[C@@H]1[C@H]2CCC[C@H]2CN1C(=O)C(NC(=O)[C@@H](CC(=O)CCCCC(=O)OC(C)(C)C)C(C)C)C(C)C)C(=O)C(=O)N[C@@H](C)c1ccccc1. The molecule has 3 N–H and O–H groups in total. The predicted octanol–water partition coefficient (Wildman–Crippen LogP) is 5.62. The molecule has 12 heteroatoms. The van der Waals surface area contributed by atoms with E-state index < -0.39 is 59.2 Å². The first-order chi connectivity index (χ1) is 25.8. The molecule has 2 aliphatic rings. The summed E-state index contributed by atoms with van der Waals surface area (Å²) in [5.41, 5.74) is 0.276. The van der Waals surface area contributed by atoms with Gasteiger partial charge in [-0.15, -0.1) is 0 Å². The number of carbonyl (C=O) groups excluding carboxylic acids is 7. The number of ketones is 2. The molecule has 55 heavy (non-hydrogen) atoms. The Morgan fingerprint density at radius 3 is 2.11 bits per heavy atom. The standard InChI is InChI=1S/C43H66N4O8/c1-10-17-34(38(50)41(53)44-28(6)29-18-12-11-13-19-29)45-40(52)37-32-22-16-20-30(32)25-47(37)42(54)36(27(4)5)46-39(51)33(26(2)3)24-31(48)21-14-15-23-35(49)55-43(7,8)9/h11-13,18-19,26-28,30,32-34,36-37H,10,14-17,20-25H2,1-9H3,(H,44,53)(H,45,52)(H,46,51)/t28-,30-,32-,33-,34?,36?,37-/m0/s1. The molecule has 306 valence electrons. The van der Waals surface area contributed by atoms with E-state index in [1.165, 1.54) is 0 Å². The Bertz CT molecular complexity index is 1500. The first-order valence-electron chi connectivity index (χ1n) is 20.4. The number of rotatable bonds is 20. The third-order valence-corrected chi connectivity index (χ3v) is 10.8. The molecule has 1 saturated heterocycles. The molecule has 0 bridgehead atoms. The number of nitrogens with one attached hydrogen (secondary N) is 3. The number of fused-ring (bicyclic) bond motifs is 1.